The van der Waals surface area contributed by atoms with Gasteiger partial charge in [-0.05, 0) is 31.0 Å². The maximum absolute atomic E-state index is 12.3. The highest BCUT2D eigenvalue weighted by atomic mass is 19.4. The normalized spacial score (nSPS) is 12.4. The Kier molecular flexibility index (Phi) is 8.20. The summed E-state index contributed by atoms with van der Waals surface area (Å²) in [7, 11) is 0. The van der Waals surface area contributed by atoms with Gasteiger partial charge >= 0.3 is 12.3 Å². The summed E-state index contributed by atoms with van der Waals surface area (Å²) in [4.78, 5) is 23.7. The molecule has 0 aliphatic carbocycles. The first-order valence-corrected chi connectivity index (χ1v) is 7.66. The molecule has 0 saturated carbocycles. The number of rotatable bonds is 9. The van der Waals surface area contributed by atoms with Crippen molar-refractivity contribution in [3.63, 3.8) is 0 Å². The van der Waals surface area contributed by atoms with E-state index in [-0.39, 0.29) is 32.5 Å². The van der Waals surface area contributed by atoms with Gasteiger partial charge in [-0.1, -0.05) is 12.1 Å². The molecule has 1 rings (SSSR count). The maximum atomic E-state index is 12.3. The van der Waals surface area contributed by atoms with Gasteiger partial charge in [0.15, 0.2) is 0 Å². The molecule has 140 valence electrons. The molecule has 1 amide bonds. The number of nitrogens with one attached hydrogen (secondary N) is 1. The van der Waals surface area contributed by atoms with Crippen molar-refractivity contribution in [1.29, 1.82) is 0 Å². The van der Waals surface area contributed by atoms with E-state index in [9.17, 15) is 22.8 Å². The summed E-state index contributed by atoms with van der Waals surface area (Å²) < 4.78 is 45.6. The Balaban J connectivity index is 2.84. The third-order valence-electron chi connectivity index (χ3n) is 3.04. The molecule has 0 aliphatic rings. The summed E-state index contributed by atoms with van der Waals surface area (Å²) in [5.74, 6) is -1.57. The van der Waals surface area contributed by atoms with Gasteiger partial charge in [0.2, 0.25) is 5.91 Å². The van der Waals surface area contributed by atoms with E-state index >= 15 is 0 Å². The zero-order valence-corrected chi connectivity index (χ0v) is 13.6. The molecule has 6 nitrogen and oxygen atoms in total. The average molecular weight is 363 g/mol. The summed E-state index contributed by atoms with van der Waals surface area (Å²) in [5, 5.41) is 11.2. The van der Waals surface area contributed by atoms with Gasteiger partial charge in [0.05, 0.1) is 6.61 Å². The zero-order valence-electron chi connectivity index (χ0n) is 13.6. The second-order valence-corrected chi connectivity index (χ2v) is 5.10. The topological polar surface area (TPSA) is 84.9 Å². The van der Waals surface area contributed by atoms with E-state index in [1.54, 1.807) is 6.92 Å². The van der Waals surface area contributed by atoms with Gasteiger partial charge in [0, 0.05) is 19.4 Å². The third-order valence-corrected chi connectivity index (χ3v) is 3.04. The van der Waals surface area contributed by atoms with E-state index in [0.29, 0.717) is 5.56 Å². The van der Waals surface area contributed by atoms with Crippen molar-refractivity contribution < 1.29 is 37.3 Å². The van der Waals surface area contributed by atoms with Crippen LogP contribution in [0.15, 0.2) is 24.3 Å². The van der Waals surface area contributed by atoms with Crippen LogP contribution in [-0.4, -0.2) is 42.6 Å². The van der Waals surface area contributed by atoms with Gasteiger partial charge in [-0.3, -0.25) is 4.79 Å². The van der Waals surface area contributed by atoms with E-state index in [1.807, 2.05) is 0 Å². The van der Waals surface area contributed by atoms with Crippen LogP contribution in [0.4, 0.5) is 13.2 Å². The smallest absolute Gasteiger partial charge is 0.464 e. The molecular formula is C16H20F3NO5. The summed E-state index contributed by atoms with van der Waals surface area (Å²) in [6, 6.07) is 4.09. The number of halogens is 3. The van der Waals surface area contributed by atoms with Crippen LogP contribution in [0.2, 0.25) is 0 Å². The maximum Gasteiger partial charge on any atom is 0.573 e. The molecule has 0 aromatic heterocycles. The Bertz CT molecular complexity index is 577. The standard InChI is InChI=1S/C16H20F3NO5/c1-2-24-15(23)13(20-14(22)7-4-8-21)10-11-5-3-6-12(9-11)25-16(17,18)19/h3,5-6,9,13,21H,2,4,7-8,10H2,1H3,(H,20,22). The number of alkyl halides is 3. The molecule has 1 aromatic rings. The summed E-state index contributed by atoms with van der Waals surface area (Å²) in [5.41, 5.74) is 0.363. The first-order chi connectivity index (χ1) is 11.7. The largest absolute Gasteiger partial charge is 0.573 e. The van der Waals surface area contributed by atoms with Crippen molar-refractivity contribution in [3.8, 4) is 5.75 Å². The summed E-state index contributed by atoms with van der Waals surface area (Å²) in [6.07, 6.45) is -4.63. The van der Waals surface area contributed by atoms with Crippen LogP contribution in [0.25, 0.3) is 0 Å². The molecule has 0 bridgehead atoms. The molecule has 0 saturated heterocycles. The highest BCUT2D eigenvalue weighted by molar-refractivity contribution is 5.84. The lowest BCUT2D eigenvalue weighted by Crippen LogP contribution is -2.43. The van der Waals surface area contributed by atoms with Crippen LogP contribution in [-0.2, 0) is 20.7 Å². The Hall–Kier alpha value is -2.29. The number of esters is 1. The number of carbonyl (C=O) groups excluding carboxylic acids is 2. The predicted octanol–water partition coefficient (Wildman–Crippen LogP) is 1.95. The molecule has 0 aliphatic heterocycles. The number of hydrogen-bond donors (Lipinski definition) is 2. The minimum atomic E-state index is -4.82. The van der Waals surface area contributed by atoms with Crippen molar-refractivity contribution in [3.05, 3.63) is 29.8 Å². The fraction of sp³-hybridized carbons (Fsp3) is 0.500. The van der Waals surface area contributed by atoms with Crippen LogP contribution in [0.3, 0.4) is 0 Å². The molecule has 1 atom stereocenters. The van der Waals surface area contributed by atoms with Gasteiger partial charge in [0.1, 0.15) is 11.8 Å². The minimum Gasteiger partial charge on any atom is -0.464 e. The monoisotopic (exact) mass is 363 g/mol. The lowest BCUT2D eigenvalue weighted by atomic mass is 10.1. The van der Waals surface area contributed by atoms with Crippen LogP contribution < -0.4 is 10.1 Å². The molecule has 2 N–H and O–H groups in total. The Labute approximate surface area is 142 Å². The van der Waals surface area contributed by atoms with E-state index in [0.717, 1.165) is 12.1 Å². The molecule has 0 heterocycles. The van der Waals surface area contributed by atoms with Crippen LogP contribution >= 0.6 is 0 Å². The second-order valence-electron chi connectivity index (χ2n) is 5.10. The molecule has 0 radical (unpaired) electrons. The zero-order chi connectivity index (χ0) is 18.9. The average Bonchev–Trinajstić information content (AvgIpc) is 2.51. The molecule has 25 heavy (non-hydrogen) atoms. The van der Waals surface area contributed by atoms with E-state index in [4.69, 9.17) is 9.84 Å². The number of aliphatic hydroxyl groups is 1. The number of ether oxygens (including phenoxy) is 2. The van der Waals surface area contributed by atoms with Crippen molar-refractivity contribution in [1.82, 2.24) is 5.32 Å². The fourth-order valence-corrected chi connectivity index (χ4v) is 2.05. The summed E-state index contributed by atoms with van der Waals surface area (Å²) >= 11 is 0. The first kappa shape index (κ1) is 20.8. The van der Waals surface area contributed by atoms with Crippen molar-refractivity contribution >= 4 is 11.9 Å². The van der Waals surface area contributed by atoms with Crippen LogP contribution in [0.1, 0.15) is 25.3 Å². The second kappa shape index (κ2) is 9.87. The Morgan fingerprint density at radius 3 is 2.64 bits per heavy atom. The quantitative estimate of drug-likeness (QED) is 0.655. The van der Waals surface area contributed by atoms with Gasteiger partial charge in [-0.2, -0.15) is 0 Å². The predicted molar refractivity (Wildman–Crippen MR) is 81.7 cm³/mol. The highest BCUT2D eigenvalue weighted by Crippen LogP contribution is 2.23. The molecule has 0 spiro atoms. The van der Waals surface area contributed by atoms with Crippen LogP contribution in [0, 0.1) is 0 Å². The number of aliphatic hydroxyl groups excluding tert-OH is 1. The Morgan fingerprint density at radius 1 is 1.32 bits per heavy atom. The first-order valence-electron chi connectivity index (χ1n) is 7.66. The lowest BCUT2D eigenvalue weighted by molar-refractivity contribution is -0.274. The number of amides is 1. The van der Waals surface area contributed by atoms with E-state index < -0.39 is 30.0 Å². The molecular weight excluding hydrogens is 343 g/mol. The van der Waals surface area contributed by atoms with E-state index in [1.165, 1.54) is 12.1 Å². The molecule has 0 fully saturated rings. The van der Waals surface area contributed by atoms with Crippen molar-refractivity contribution in [2.75, 3.05) is 13.2 Å². The molecule has 9 heteroatoms. The van der Waals surface area contributed by atoms with Gasteiger partial charge in [0.25, 0.3) is 0 Å². The van der Waals surface area contributed by atoms with Crippen LogP contribution in [0.5, 0.6) is 5.75 Å². The molecule has 1 unspecified atom stereocenters. The van der Waals surface area contributed by atoms with Gasteiger partial charge in [-0.15, -0.1) is 13.2 Å². The SMILES string of the molecule is CCOC(=O)C(Cc1cccc(OC(F)(F)F)c1)NC(=O)CCCO. The number of hydrogen-bond acceptors (Lipinski definition) is 5. The number of benzene rings is 1. The van der Waals surface area contributed by atoms with Crippen molar-refractivity contribution in [2.24, 2.45) is 0 Å². The highest BCUT2D eigenvalue weighted by Gasteiger charge is 2.31. The van der Waals surface area contributed by atoms with E-state index in [2.05, 4.69) is 10.1 Å². The van der Waals surface area contributed by atoms with Gasteiger partial charge < -0.3 is 19.9 Å². The fourth-order valence-electron chi connectivity index (χ4n) is 2.05. The van der Waals surface area contributed by atoms with Crippen molar-refractivity contribution in [2.45, 2.75) is 38.6 Å². The molecule has 1 aromatic carbocycles. The minimum absolute atomic E-state index is 0.0175. The lowest BCUT2D eigenvalue weighted by Gasteiger charge is -2.18. The Morgan fingerprint density at radius 2 is 2.04 bits per heavy atom. The number of carbonyl (C=O) groups is 2. The summed E-state index contributed by atoms with van der Waals surface area (Å²) in [6.45, 7) is 1.52. The van der Waals surface area contributed by atoms with Gasteiger partial charge in [-0.25, -0.2) is 4.79 Å². The third kappa shape index (κ3) is 8.39.